The molecule has 3 heteroatoms. The third-order valence-corrected chi connectivity index (χ3v) is 10.2. The van der Waals surface area contributed by atoms with Crippen molar-refractivity contribution in [2.24, 2.45) is 0 Å². The van der Waals surface area contributed by atoms with Gasteiger partial charge in [-0.2, -0.15) is 0 Å². The molecule has 0 amide bonds. The van der Waals surface area contributed by atoms with Crippen molar-refractivity contribution in [1.29, 1.82) is 0 Å². The topological polar surface area (TPSA) is 47.4 Å². The monoisotopic (exact) mass is 651 g/mol. The van der Waals surface area contributed by atoms with Crippen LogP contribution in [0.1, 0.15) is 0 Å². The highest BCUT2D eigenvalue weighted by atomic mass is 14.7. The summed E-state index contributed by atoms with van der Waals surface area (Å²) in [6.45, 7) is 0. The number of aromatic nitrogens is 3. The predicted molar refractivity (Wildman–Crippen MR) is 215 cm³/mol. The lowest BCUT2D eigenvalue weighted by atomic mass is 9.82. The summed E-state index contributed by atoms with van der Waals surface area (Å²) >= 11 is 0. The number of hydrogen-bond donors (Lipinski definition) is 3. The first-order valence-electron chi connectivity index (χ1n) is 17.4. The number of rotatable bonds is 6. The molecule has 0 unspecified atom stereocenters. The van der Waals surface area contributed by atoms with Gasteiger partial charge in [0.05, 0.1) is 0 Å². The number of aromatic amines is 3. The highest BCUT2D eigenvalue weighted by molar-refractivity contribution is 6.05. The van der Waals surface area contributed by atoms with Gasteiger partial charge in [0.25, 0.3) is 0 Å². The molecule has 0 bridgehead atoms. The molecule has 0 aliphatic carbocycles. The van der Waals surface area contributed by atoms with Crippen molar-refractivity contribution in [1.82, 2.24) is 15.0 Å². The third kappa shape index (κ3) is 4.98. The Bertz CT molecular complexity index is 2640. The minimum atomic E-state index is 1.10. The minimum absolute atomic E-state index is 1.10. The molecule has 3 N–H and O–H groups in total. The molecule has 0 atom stereocenters. The zero-order valence-electron chi connectivity index (χ0n) is 27.8. The Labute approximate surface area is 295 Å². The van der Waals surface area contributed by atoms with Crippen molar-refractivity contribution in [3.63, 3.8) is 0 Å². The highest BCUT2D eigenvalue weighted by Crippen LogP contribution is 2.48. The van der Waals surface area contributed by atoms with Gasteiger partial charge < -0.3 is 15.0 Å². The van der Waals surface area contributed by atoms with Crippen LogP contribution >= 0.6 is 0 Å². The molecule has 3 nitrogen and oxygen atoms in total. The fourth-order valence-corrected chi connectivity index (χ4v) is 7.79. The van der Waals surface area contributed by atoms with Crippen molar-refractivity contribution >= 4 is 32.7 Å². The lowest BCUT2D eigenvalue weighted by Gasteiger charge is -2.21. The molecule has 0 aliphatic rings. The summed E-state index contributed by atoms with van der Waals surface area (Å²) in [5, 5.41) is 3.60. The van der Waals surface area contributed by atoms with Crippen LogP contribution < -0.4 is 0 Å². The van der Waals surface area contributed by atoms with Gasteiger partial charge in [0.15, 0.2) is 0 Å². The van der Waals surface area contributed by atoms with Gasteiger partial charge in [-0.15, -0.1) is 0 Å². The van der Waals surface area contributed by atoms with E-state index in [2.05, 4.69) is 197 Å². The SMILES string of the molecule is c1ccc(-c2cccc(-c3ccccc3-c3cc4ccccc4[nH]3)c2-c2ccccc2-c2cc3ccccc3[nH]2)c(-c2cc3ccccc3[nH]2)c1. The number of nitrogens with one attached hydrogen (secondary N) is 3. The molecule has 3 heterocycles. The van der Waals surface area contributed by atoms with Crippen molar-refractivity contribution in [2.45, 2.75) is 0 Å². The van der Waals surface area contributed by atoms with Gasteiger partial charge in [-0.3, -0.25) is 0 Å². The van der Waals surface area contributed by atoms with Crippen molar-refractivity contribution < 1.29 is 0 Å². The highest BCUT2D eigenvalue weighted by Gasteiger charge is 2.22. The largest absolute Gasteiger partial charge is 0.355 e. The van der Waals surface area contributed by atoms with Gasteiger partial charge in [-0.25, -0.2) is 0 Å². The molecule has 10 aromatic rings. The first-order chi connectivity index (χ1) is 25.3. The molecule has 240 valence electrons. The zero-order valence-corrected chi connectivity index (χ0v) is 27.8. The summed E-state index contributed by atoms with van der Waals surface area (Å²) in [7, 11) is 0. The van der Waals surface area contributed by atoms with Gasteiger partial charge in [-0.05, 0) is 69.8 Å². The molecular formula is C48H33N3. The van der Waals surface area contributed by atoms with E-state index in [4.69, 9.17) is 0 Å². The number of para-hydroxylation sites is 3. The average Bonchev–Trinajstić information content (AvgIpc) is 3.95. The first kappa shape index (κ1) is 29.1. The summed E-state index contributed by atoms with van der Waals surface area (Å²) in [4.78, 5) is 11.2. The van der Waals surface area contributed by atoms with E-state index in [1.165, 1.54) is 60.7 Å². The average molecular weight is 652 g/mol. The Balaban J connectivity index is 1.26. The van der Waals surface area contributed by atoms with Gasteiger partial charge in [0.1, 0.15) is 0 Å². The maximum absolute atomic E-state index is 3.73. The molecule has 0 saturated heterocycles. The molecule has 7 aromatic carbocycles. The first-order valence-corrected chi connectivity index (χ1v) is 17.4. The van der Waals surface area contributed by atoms with Crippen LogP contribution in [0.15, 0.2) is 182 Å². The second-order valence-electron chi connectivity index (χ2n) is 13.2. The maximum Gasteiger partial charge on any atom is 0.0471 e. The van der Waals surface area contributed by atoms with Crippen LogP contribution in [-0.4, -0.2) is 15.0 Å². The summed E-state index contributed by atoms with van der Waals surface area (Å²) < 4.78 is 0. The van der Waals surface area contributed by atoms with Crippen LogP contribution in [0.3, 0.4) is 0 Å². The Hall–Kier alpha value is -6.84. The van der Waals surface area contributed by atoms with E-state index in [1.54, 1.807) is 0 Å². The maximum atomic E-state index is 3.73. The van der Waals surface area contributed by atoms with E-state index in [0.29, 0.717) is 0 Å². The summed E-state index contributed by atoms with van der Waals surface area (Å²) in [6, 6.07) is 65.5. The smallest absolute Gasteiger partial charge is 0.0471 e. The van der Waals surface area contributed by atoms with Gasteiger partial charge >= 0.3 is 0 Å². The van der Waals surface area contributed by atoms with E-state index >= 15 is 0 Å². The fraction of sp³-hybridized carbons (Fsp3) is 0. The molecule has 0 aliphatic heterocycles. The number of benzene rings is 7. The van der Waals surface area contributed by atoms with Gasteiger partial charge in [-0.1, -0.05) is 146 Å². The molecule has 3 aromatic heterocycles. The number of fused-ring (bicyclic) bond motifs is 3. The van der Waals surface area contributed by atoms with Crippen LogP contribution in [0.2, 0.25) is 0 Å². The molecular weight excluding hydrogens is 619 g/mol. The molecule has 0 spiro atoms. The van der Waals surface area contributed by atoms with Crippen LogP contribution in [-0.2, 0) is 0 Å². The van der Waals surface area contributed by atoms with Gasteiger partial charge in [0.2, 0.25) is 0 Å². The minimum Gasteiger partial charge on any atom is -0.355 e. The van der Waals surface area contributed by atoms with E-state index in [9.17, 15) is 0 Å². The summed E-state index contributed by atoms with van der Waals surface area (Å²) in [5.74, 6) is 0. The zero-order chi connectivity index (χ0) is 33.7. The van der Waals surface area contributed by atoms with Crippen molar-refractivity contribution in [3.05, 3.63) is 182 Å². The summed E-state index contributed by atoms with van der Waals surface area (Å²) in [6.07, 6.45) is 0. The van der Waals surface area contributed by atoms with E-state index in [-0.39, 0.29) is 0 Å². The molecule has 10 rings (SSSR count). The Morgan fingerprint density at radius 1 is 0.235 bits per heavy atom. The second-order valence-corrected chi connectivity index (χ2v) is 13.2. The van der Waals surface area contributed by atoms with Crippen LogP contribution in [0.25, 0.3) is 99.9 Å². The Morgan fingerprint density at radius 2 is 0.529 bits per heavy atom. The summed E-state index contributed by atoms with van der Waals surface area (Å²) in [5.41, 5.74) is 17.3. The quantitative estimate of drug-likeness (QED) is 0.160. The molecule has 0 saturated carbocycles. The van der Waals surface area contributed by atoms with E-state index < -0.39 is 0 Å². The third-order valence-electron chi connectivity index (χ3n) is 10.2. The van der Waals surface area contributed by atoms with E-state index in [1.807, 2.05) is 0 Å². The van der Waals surface area contributed by atoms with Crippen LogP contribution in [0.5, 0.6) is 0 Å². The van der Waals surface area contributed by atoms with Crippen molar-refractivity contribution in [2.75, 3.05) is 0 Å². The second kappa shape index (κ2) is 11.9. The van der Waals surface area contributed by atoms with Gasteiger partial charge in [0, 0.05) is 66.5 Å². The lowest BCUT2D eigenvalue weighted by molar-refractivity contribution is 1.43. The number of hydrogen-bond acceptors (Lipinski definition) is 0. The fourth-order valence-electron chi connectivity index (χ4n) is 7.79. The van der Waals surface area contributed by atoms with Crippen molar-refractivity contribution in [3.8, 4) is 67.2 Å². The molecule has 51 heavy (non-hydrogen) atoms. The van der Waals surface area contributed by atoms with Crippen LogP contribution in [0, 0.1) is 0 Å². The molecule has 0 fully saturated rings. The Morgan fingerprint density at radius 3 is 0.922 bits per heavy atom. The lowest BCUT2D eigenvalue weighted by Crippen LogP contribution is -1.96. The Kier molecular flexibility index (Phi) is 6.81. The van der Waals surface area contributed by atoms with Crippen LogP contribution in [0.4, 0.5) is 0 Å². The normalized spacial score (nSPS) is 11.5. The standard InChI is InChI=1S/C48H33N3/c1-10-25-42-31(14-1)28-45(49-42)36-19-6-4-17-34(36)39-23-13-24-40(35-18-5-7-20-37(35)46-29-32-15-2-11-26-43(32)50-46)48(39)41-22-9-8-21-38(41)47-30-33-16-3-12-27-44(33)51-47/h1-30,49-51H. The predicted octanol–water partition coefficient (Wildman–Crippen LogP) is 13.1. The molecule has 0 radical (unpaired) electrons. The van der Waals surface area contributed by atoms with E-state index in [0.717, 1.165) is 39.2 Å². The number of H-pyrrole nitrogens is 3.